The maximum Gasteiger partial charge on any atom is 0.308 e. The first kappa shape index (κ1) is 19.8. The van der Waals surface area contributed by atoms with Crippen LogP contribution in [0.15, 0.2) is 18.2 Å². The van der Waals surface area contributed by atoms with Crippen LogP contribution in [0.1, 0.15) is 46.2 Å². The van der Waals surface area contributed by atoms with Crippen LogP contribution in [-0.4, -0.2) is 33.5 Å². The molecule has 0 aliphatic heterocycles. The van der Waals surface area contributed by atoms with Crippen LogP contribution >= 0.6 is 11.3 Å². The zero-order valence-electron chi connectivity index (χ0n) is 15.4. The van der Waals surface area contributed by atoms with Crippen LogP contribution in [0.5, 0.6) is 0 Å². The quantitative estimate of drug-likeness (QED) is 0.563. The lowest BCUT2D eigenvalue weighted by Gasteiger charge is -2.11. The summed E-state index contributed by atoms with van der Waals surface area (Å²) in [5.41, 5.74) is 1.87. The van der Waals surface area contributed by atoms with E-state index in [1.165, 1.54) is 18.3 Å². The number of rotatable bonds is 8. The number of aromatic nitrogens is 2. The summed E-state index contributed by atoms with van der Waals surface area (Å²) in [6, 6.07) is 5.41. The summed E-state index contributed by atoms with van der Waals surface area (Å²) < 4.78 is 7.00. The van der Waals surface area contributed by atoms with Gasteiger partial charge in [-0.3, -0.25) is 19.1 Å². The van der Waals surface area contributed by atoms with Crippen molar-refractivity contribution in [2.24, 2.45) is 0 Å². The molecule has 8 heteroatoms. The van der Waals surface area contributed by atoms with E-state index in [9.17, 15) is 14.4 Å². The van der Waals surface area contributed by atoms with Crippen LogP contribution in [0.3, 0.4) is 0 Å². The predicted octanol–water partition coefficient (Wildman–Crippen LogP) is 2.40. The number of ether oxygens (including phenoxy) is 1. The Hall–Kier alpha value is -2.48. The molecule has 2 aromatic heterocycles. The Morgan fingerprint density at radius 1 is 1.31 bits per heavy atom. The lowest BCUT2D eigenvalue weighted by atomic mass is 10.2. The lowest BCUT2D eigenvalue weighted by Crippen LogP contribution is -2.24. The minimum absolute atomic E-state index is 0.129. The molecule has 0 saturated heterocycles. The Bertz CT molecular complexity index is 809. The average molecular weight is 377 g/mol. The second-order valence-corrected chi connectivity index (χ2v) is 7.24. The normalized spacial score (nSPS) is 11.8. The molecule has 0 aliphatic carbocycles. The Morgan fingerprint density at radius 3 is 2.65 bits per heavy atom. The molecule has 0 fully saturated rings. The van der Waals surface area contributed by atoms with Crippen molar-refractivity contribution in [1.82, 2.24) is 15.1 Å². The molecule has 0 aromatic carbocycles. The van der Waals surface area contributed by atoms with Crippen LogP contribution in [-0.2, 0) is 27.4 Å². The van der Waals surface area contributed by atoms with Gasteiger partial charge in [-0.2, -0.15) is 5.10 Å². The standard InChI is InChI=1S/C18H23N3O4S/c1-11-9-12(2)21(20-11)8-7-17(23)25-13(3)18(24)16-6-5-15(26-16)10-19-14(4)22/h5-6,9,13H,7-8,10H2,1-4H3,(H,19,22). The summed E-state index contributed by atoms with van der Waals surface area (Å²) >= 11 is 1.28. The van der Waals surface area contributed by atoms with Crippen molar-refractivity contribution in [2.75, 3.05) is 0 Å². The van der Waals surface area contributed by atoms with Crippen molar-refractivity contribution in [3.63, 3.8) is 0 Å². The van der Waals surface area contributed by atoms with E-state index in [4.69, 9.17) is 4.74 Å². The minimum atomic E-state index is -0.852. The minimum Gasteiger partial charge on any atom is -0.454 e. The molecule has 2 heterocycles. The van der Waals surface area contributed by atoms with Gasteiger partial charge in [0.15, 0.2) is 6.10 Å². The average Bonchev–Trinajstić information content (AvgIpc) is 3.16. The van der Waals surface area contributed by atoms with Gasteiger partial charge in [-0.1, -0.05) is 0 Å². The Balaban J connectivity index is 1.85. The number of nitrogens with one attached hydrogen (secondary N) is 1. The summed E-state index contributed by atoms with van der Waals surface area (Å²) in [4.78, 5) is 36.7. The number of hydrogen-bond acceptors (Lipinski definition) is 6. The highest BCUT2D eigenvalue weighted by molar-refractivity contribution is 7.14. The van der Waals surface area contributed by atoms with Crippen molar-refractivity contribution in [3.8, 4) is 0 Å². The molecule has 1 atom stereocenters. The van der Waals surface area contributed by atoms with Gasteiger partial charge in [0.25, 0.3) is 0 Å². The van der Waals surface area contributed by atoms with Crippen LogP contribution in [0.2, 0.25) is 0 Å². The molecule has 7 nitrogen and oxygen atoms in total. The molecule has 2 aromatic rings. The number of aryl methyl sites for hydroxylation is 3. The van der Waals surface area contributed by atoms with Crippen molar-refractivity contribution in [1.29, 1.82) is 0 Å². The largest absolute Gasteiger partial charge is 0.454 e. The van der Waals surface area contributed by atoms with Gasteiger partial charge in [-0.05, 0) is 39.0 Å². The molecular formula is C18H23N3O4S. The molecular weight excluding hydrogens is 354 g/mol. The summed E-state index contributed by atoms with van der Waals surface area (Å²) in [7, 11) is 0. The highest BCUT2D eigenvalue weighted by atomic mass is 32.1. The van der Waals surface area contributed by atoms with E-state index in [1.54, 1.807) is 23.7 Å². The molecule has 1 N–H and O–H groups in total. The molecule has 0 bridgehead atoms. The van der Waals surface area contributed by atoms with Gasteiger partial charge < -0.3 is 10.1 Å². The maximum absolute atomic E-state index is 12.4. The molecule has 1 unspecified atom stereocenters. The molecule has 0 saturated carbocycles. The maximum atomic E-state index is 12.4. The molecule has 0 spiro atoms. The van der Waals surface area contributed by atoms with Gasteiger partial charge >= 0.3 is 5.97 Å². The third-order valence-electron chi connectivity index (χ3n) is 3.72. The van der Waals surface area contributed by atoms with E-state index in [0.717, 1.165) is 16.3 Å². The molecule has 0 aliphatic rings. The number of nitrogens with zero attached hydrogens (tertiary/aromatic N) is 2. The van der Waals surface area contributed by atoms with Crippen LogP contribution in [0.25, 0.3) is 0 Å². The Labute approximate surface area is 156 Å². The monoisotopic (exact) mass is 377 g/mol. The zero-order chi connectivity index (χ0) is 19.3. The van der Waals surface area contributed by atoms with Gasteiger partial charge in [0.2, 0.25) is 11.7 Å². The number of amides is 1. The summed E-state index contributed by atoms with van der Waals surface area (Å²) in [6.07, 6.45) is -0.701. The molecule has 26 heavy (non-hydrogen) atoms. The third kappa shape index (κ3) is 5.52. The van der Waals surface area contributed by atoms with E-state index >= 15 is 0 Å². The zero-order valence-corrected chi connectivity index (χ0v) is 16.2. The number of esters is 1. The van der Waals surface area contributed by atoms with E-state index in [0.29, 0.717) is 18.0 Å². The van der Waals surface area contributed by atoms with Crippen molar-refractivity contribution >= 4 is 29.0 Å². The van der Waals surface area contributed by atoms with Crippen molar-refractivity contribution < 1.29 is 19.1 Å². The fraction of sp³-hybridized carbons (Fsp3) is 0.444. The summed E-state index contributed by atoms with van der Waals surface area (Å²) in [5.74, 6) is -0.812. The fourth-order valence-corrected chi connectivity index (χ4v) is 3.39. The van der Waals surface area contributed by atoms with Gasteiger partial charge in [0.1, 0.15) is 0 Å². The number of hydrogen-bond donors (Lipinski definition) is 1. The second-order valence-electron chi connectivity index (χ2n) is 6.07. The lowest BCUT2D eigenvalue weighted by molar-refractivity contribution is -0.146. The van der Waals surface area contributed by atoms with Crippen LogP contribution in [0, 0.1) is 13.8 Å². The Morgan fingerprint density at radius 2 is 2.04 bits per heavy atom. The predicted molar refractivity (Wildman–Crippen MR) is 98.0 cm³/mol. The summed E-state index contributed by atoms with van der Waals surface area (Å²) in [6.45, 7) is 7.62. The molecule has 2 rings (SSSR count). The third-order valence-corrected chi connectivity index (χ3v) is 4.82. The molecule has 1 amide bonds. The smallest absolute Gasteiger partial charge is 0.308 e. The van der Waals surface area contributed by atoms with Crippen molar-refractivity contribution in [2.45, 2.75) is 53.3 Å². The Kier molecular flexibility index (Phi) is 6.68. The van der Waals surface area contributed by atoms with Crippen LogP contribution < -0.4 is 5.32 Å². The van der Waals surface area contributed by atoms with E-state index in [2.05, 4.69) is 10.4 Å². The topological polar surface area (TPSA) is 90.3 Å². The first-order valence-corrected chi connectivity index (χ1v) is 9.16. The van der Waals surface area contributed by atoms with Gasteiger partial charge in [-0.25, -0.2) is 0 Å². The molecule has 140 valence electrons. The van der Waals surface area contributed by atoms with Crippen LogP contribution in [0.4, 0.5) is 0 Å². The first-order valence-electron chi connectivity index (χ1n) is 8.34. The van der Waals surface area contributed by atoms with E-state index in [1.807, 2.05) is 19.9 Å². The SMILES string of the molecule is CC(=O)NCc1ccc(C(=O)C(C)OC(=O)CCn2nc(C)cc2C)s1. The number of carbonyl (C=O) groups is 3. The number of carbonyl (C=O) groups excluding carboxylic acids is 3. The van der Waals surface area contributed by atoms with E-state index in [-0.39, 0.29) is 18.1 Å². The second kappa shape index (κ2) is 8.75. The van der Waals surface area contributed by atoms with Crippen molar-refractivity contribution in [3.05, 3.63) is 39.3 Å². The number of ketones is 1. The fourth-order valence-electron chi connectivity index (χ4n) is 2.43. The highest BCUT2D eigenvalue weighted by Gasteiger charge is 2.21. The first-order chi connectivity index (χ1) is 12.3. The van der Waals surface area contributed by atoms with Gasteiger partial charge in [0, 0.05) is 17.5 Å². The number of Topliss-reactive ketones (excluding diaryl/α,β-unsaturated/α-hetero) is 1. The molecule has 0 radical (unpaired) electrons. The number of thiophene rings is 1. The highest BCUT2D eigenvalue weighted by Crippen LogP contribution is 2.19. The van der Waals surface area contributed by atoms with E-state index < -0.39 is 12.1 Å². The van der Waals surface area contributed by atoms with Gasteiger partial charge in [-0.15, -0.1) is 11.3 Å². The van der Waals surface area contributed by atoms with Gasteiger partial charge in [0.05, 0.1) is 30.1 Å². The summed E-state index contributed by atoms with van der Waals surface area (Å²) in [5, 5.41) is 6.97.